The zero-order valence-corrected chi connectivity index (χ0v) is 11.1. The minimum Gasteiger partial charge on any atom is -0.385 e. The molecule has 0 heterocycles. The van der Waals surface area contributed by atoms with Crippen LogP contribution in [0.1, 0.15) is 45.6 Å². The van der Waals surface area contributed by atoms with E-state index in [4.69, 9.17) is 0 Å². The van der Waals surface area contributed by atoms with Crippen molar-refractivity contribution < 1.29 is 13.9 Å². The fraction of sp³-hybridized carbons (Fsp3) is 0.600. The highest BCUT2D eigenvalue weighted by atomic mass is 19.1. The number of hydrogen-bond donors (Lipinski definition) is 1. The largest absolute Gasteiger partial charge is 0.385 e. The van der Waals surface area contributed by atoms with E-state index >= 15 is 0 Å². The highest BCUT2D eigenvalue weighted by Crippen LogP contribution is 2.49. The number of aliphatic hydroxyl groups is 1. The van der Waals surface area contributed by atoms with Gasteiger partial charge >= 0.3 is 0 Å². The predicted octanol–water partition coefficient (Wildman–Crippen LogP) is 4.00. The van der Waals surface area contributed by atoms with Crippen molar-refractivity contribution in [2.24, 2.45) is 11.3 Å². The summed E-state index contributed by atoms with van der Waals surface area (Å²) in [6.45, 7) is 6.09. The van der Waals surface area contributed by atoms with Crippen LogP contribution in [0.25, 0.3) is 0 Å². The quantitative estimate of drug-likeness (QED) is 0.803. The predicted molar refractivity (Wildman–Crippen MR) is 67.1 cm³/mol. The zero-order chi connectivity index (χ0) is 13.6. The third kappa shape index (κ3) is 2.41. The molecule has 3 heteroatoms. The summed E-state index contributed by atoms with van der Waals surface area (Å²) in [6, 6.07) is 3.75. The van der Waals surface area contributed by atoms with Crippen molar-refractivity contribution >= 4 is 0 Å². The Morgan fingerprint density at radius 2 is 1.72 bits per heavy atom. The van der Waals surface area contributed by atoms with Gasteiger partial charge in [-0.05, 0) is 42.7 Å². The lowest BCUT2D eigenvalue weighted by Crippen LogP contribution is -2.41. The van der Waals surface area contributed by atoms with Crippen molar-refractivity contribution in [3.05, 3.63) is 35.4 Å². The standard InChI is InChI=1S/C15H20F2O/c1-10-7-14(2,3)9-15(18,8-10)13-11(16)5-4-6-12(13)17/h4-6,10,18H,7-9H2,1-3H3. The second kappa shape index (κ2) is 4.30. The third-order valence-corrected chi connectivity index (χ3v) is 3.79. The number of benzene rings is 1. The minimum atomic E-state index is -1.39. The molecule has 0 radical (unpaired) electrons. The van der Waals surface area contributed by atoms with E-state index in [1.807, 2.05) is 20.8 Å². The summed E-state index contributed by atoms with van der Waals surface area (Å²) >= 11 is 0. The Labute approximate surface area is 107 Å². The Hall–Kier alpha value is -0.960. The van der Waals surface area contributed by atoms with Crippen LogP contribution in [0.2, 0.25) is 0 Å². The smallest absolute Gasteiger partial charge is 0.132 e. The van der Waals surface area contributed by atoms with Crippen LogP contribution in [-0.4, -0.2) is 5.11 Å². The van der Waals surface area contributed by atoms with Crippen LogP contribution in [0, 0.1) is 23.0 Å². The van der Waals surface area contributed by atoms with Gasteiger partial charge in [-0.2, -0.15) is 0 Å². The first-order valence-corrected chi connectivity index (χ1v) is 6.40. The maximum atomic E-state index is 13.9. The van der Waals surface area contributed by atoms with E-state index in [1.165, 1.54) is 18.2 Å². The van der Waals surface area contributed by atoms with Gasteiger partial charge in [-0.1, -0.05) is 26.8 Å². The molecule has 1 nitrogen and oxygen atoms in total. The summed E-state index contributed by atoms with van der Waals surface area (Å²) in [7, 11) is 0. The van der Waals surface area contributed by atoms with E-state index in [9.17, 15) is 13.9 Å². The Morgan fingerprint density at radius 3 is 2.22 bits per heavy atom. The molecule has 18 heavy (non-hydrogen) atoms. The molecule has 0 spiro atoms. The van der Waals surface area contributed by atoms with Crippen LogP contribution in [0.4, 0.5) is 8.78 Å². The highest BCUT2D eigenvalue weighted by molar-refractivity contribution is 5.27. The summed E-state index contributed by atoms with van der Waals surface area (Å²) in [6.07, 6.45) is 1.77. The summed E-state index contributed by atoms with van der Waals surface area (Å²) < 4.78 is 27.7. The van der Waals surface area contributed by atoms with Gasteiger partial charge in [0.1, 0.15) is 11.6 Å². The fourth-order valence-electron chi connectivity index (χ4n) is 3.66. The number of halogens is 2. The zero-order valence-electron chi connectivity index (χ0n) is 11.1. The van der Waals surface area contributed by atoms with E-state index in [1.54, 1.807) is 0 Å². The summed E-state index contributed by atoms with van der Waals surface area (Å²) in [5.41, 5.74) is -1.66. The van der Waals surface area contributed by atoms with Crippen molar-refractivity contribution in [3.63, 3.8) is 0 Å². The molecule has 100 valence electrons. The Balaban J connectivity index is 2.47. The lowest BCUT2D eigenvalue weighted by molar-refractivity contribution is -0.0680. The Bertz CT molecular complexity index is 436. The van der Waals surface area contributed by atoms with Crippen molar-refractivity contribution in [1.82, 2.24) is 0 Å². The second-order valence-electron chi connectivity index (χ2n) is 6.48. The molecule has 1 N–H and O–H groups in total. The molecular formula is C15H20F2O. The van der Waals surface area contributed by atoms with Gasteiger partial charge in [-0.3, -0.25) is 0 Å². The molecule has 2 rings (SSSR count). The van der Waals surface area contributed by atoms with Crippen molar-refractivity contribution in [1.29, 1.82) is 0 Å². The average Bonchev–Trinajstić information content (AvgIpc) is 2.11. The maximum absolute atomic E-state index is 13.9. The molecule has 0 amide bonds. The lowest BCUT2D eigenvalue weighted by atomic mass is 9.64. The van der Waals surface area contributed by atoms with Crippen LogP contribution in [0.3, 0.4) is 0 Å². The summed E-state index contributed by atoms with van der Waals surface area (Å²) in [5, 5.41) is 10.7. The third-order valence-electron chi connectivity index (χ3n) is 3.79. The van der Waals surface area contributed by atoms with Crippen molar-refractivity contribution in [2.45, 2.75) is 45.6 Å². The molecule has 0 aliphatic heterocycles. The first kappa shape index (κ1) is 13.5. The SMILES string of the molecule is CC1CC(C)(C)CC(O)(c2c(F)cccc2F)C1. The van der Waals surface area contributed by atoms with Crippen LogP contribution in [-0.2, 0) is 5.60 Å². The van der Waals surface area contributed by atoms with E-state index in [2.05, 4.69) is 0 Å². The monoisotopic (exact) mass is 254 g/mol. The lowest BCUT2D eigenvalue weighted by Gasteiger charge is -2.45. The highest BCUT2D eigenvalue weighted by Gasteiger charge is 2.45. The molecule has 0 aromatic heterocycles. The minimum absolute atomic E-state index is 0.110. The van der Waals surface area contributed by atoms with Crippen molar-refractivity contribution in [3.8, 4) is 0 Å². The molecule has 0 bridgehead atoms. The van der Waals surface area contributed by atoms with Gasteiger partial charge in [0.15, 0.2) is 0 Å². The van der Waals surface area contributed by atoms with Crippen LogP contribution in [0.15, 0.2) is 18.2 Å². The number of rotatable bonds is 1. The molecule has 1 aliphatic rings. The molecule has 1 fully saturated rings. The number of hydrogen-bond acceptors (Lipinski definition) is 1. The van der Waals surface area contributed by atoms with E-state index in [0.29, 0.717) is 12.8 Å². The first-order chi connectivity index (χ1) is 8.23. The molecule has 1 aliphatic carbocycles. The van der Waals surface area contributed by atoms with E-state index in [0.717, 1.165) is 6.42 Å². The van der Waals surface area contributed by atoms with Crippen LogP contribution in [0.5, 0.6) is 0 Å². The van der Waals surface area contributed by atoms with E-state index in [-0.39, 0.29) is 16.9 Å². The van der Waals surface area contributed by atoms with Crippen LogP contribution < -0.4 is 0 Å². The van der Waals surface area contributed by atoms with Gasteiger partial charge in [-0.15, -0.1) is 0 Å². The average molecular weight is 254 g/mol. The van der Waals surface area contributed by atoms with Gasteiger partial charge in [0.25, 0.3) is 0 Å². The fourth-order valence-corrected chi connectivity index (χ4v) is 3.66. The summed E-state index contributed by atoms with van der Waals surface area (Å²) in [5.74, 6) is -1.05. The van der Waals surface area contributed by atoms with Crippen molar-refractivity contribution in [2.75, 3.05) is 0 Å². The van der Waals surface area contributed by atoms with Gasteiger partial charge in [0, 0.05) is 0 Å². The van der Waals surface area contributed by atoms with Gasteiger partial charge in [-0.25, -0.2) is 8.78 Å². The molecule has 1 saturated carbocycles. The molecule has 0 saturated heterocycles. The molecular weight excluding hydrogens is 234 g/mol. The summed E-state index contributed by atoms with van der Waals surface area (Å²) in [4.78, 5) is 0. The van der Waals surface area contributed by atoms with Gasteiger partial charge in [0.05, 0.1) is 11.2 Å². The van der Waals surface area contributed by atoms with Gasteiger partial charge < -0.3 is 5.11 Å². The Kier molecular flexibility index (Phi) is 3.22. The topological polar surface area (TPSA) is 20.2 Å². The van der Waals surface area contributed by atoms with Gasteiger partial charge in [0.2, 0.25) is 0 Å². The first-order valence-electron chi connectivity index (χ1n) is 6.40. The molecule has 2 atom stereocenters. The normalized spacial score (nSPS) is 31.3. The van der Waals surface area contributed by atoms with E-state index < -0.39 is 17.2 Å². The Morgan fingerprint density at radius 1 is 1.17 bits per heavy atom. The maximum Gasteiger partial charge on any atom is 0.132 e. The molecule has 2 unspecified atom stereocenters. The molecule has 1 aromatic rings. The molecule has 1 aromatic carbocycles. The van der Waals surface area contributed by atoms with Crippen LogP contribution >= 0.6 is 0 Å². The second-order valence-corrected chi connectivity index (χ2v) is 6.48.